The van der Waals surface area contributed by atoms with E-state index in [0.29, 0.717) is 16.5 Å². The van der Waals surface area contributed by atoms with E-state index in [-0.39, 0.29) is 12.8 Å². The van der Waals surface area contributed by atoms with Crippen molar-refractivity contribution < 1.29 is 9.13 Å². The molecule has 1 atom stereocenters. The molecule has 1 fully saturated rings. The number of aryl methyl sites for hydroxylation is 1. The first-order valence-electron chi connectivity index (χ1n) is 14.0. The first-order valence-corrected chi connectivity index (χ1v) is 14.8. The second-order valence-electron chi connectivity index (χ2n) is 10.4. The number of benzene rings is 3. The van der Waals surface area contributed by atoms with Gasteiger partial charge in [-0.15, -0.1) is 0 Å². The van der Waals surface area contributed by atoms with Gasteiger partial charge in [-0.3, -0.25) is 14.3 Å². The molecule has 4 nitrogen and oxygen atoms in total. The average Bonchev–Trinajstić information content (AvgIpc) is 3.32. The standard InChI is InChI=1S/C33H36Cl2FN3O/c1-37-33(38-2)24-9-13-28-23(19-24)5-3-6-30(29-14-10-25(34)20-31(29)35)32(28)22-7-11-26(12-8-22)40-27-15-18-39(21-27)17-4-16-36/h7-14,19-20,27H,3-6,15-18,21H2,1-2H3,(H,37,38). The van der Waals surface area contributed by atoms with Crippen molar-refractivity contribution in [2.75, 3.05) is 40.4 Å². The van der Waals surface area contributed by atoms with E-state index in [1.807, 2.05) is 25.2 Å². The van der Waals surface area contributed by atoms with E-state index in [0.717, 1.165) is 73.6 Å². The summed E-state index contributed by atoms with van der Waals surface area (Å²) in [6.07, 6.45) is 4.55. The molecule has 7 heteroatoms. The lowest BCUT2D eigenvalue weighted by molar-refractivity contribution is 0.198. The molecule has 1 heterocycles. The van der Waals surface area contributed by atoms with E-state index >= 15 is 0 Å². The number of likely N-dealkylation sites (tertiary alicyclic amines) is 1. The molecule has 0 radical (unpaired) electrons. The van der Waals surface area contributed by atoms with Gasteiger partial charge in [-0.1, -0.05) is 53.5 Å². The van der Waals surface area contributed by atoms with Gasteiger partial charge in [-0.05, 0) is 95.8 Å². The van der Waals surface area contributed by atoms with Crippen LogP contribution in [0.3, 0.4) is 0 Å². The van der Waals surface area contributed by atoms with Crippen molar-refractivity contribution in [1.82, 2.24) is 10.2 Å². The number of fused-ring (bicyclic) bond motifs is 1. The summed E-state index contributed by atoms with van der Waals surface area (Å²) in [5.41, 5.74) is 8.14. The van der Waals surface area contributed by atoms with Crippen LogP contribution in [0.15, 0.2) is 65.7 Å². The zero-order chi connectivity index (χ0) is 28.1. The molecule has 210 valence electrons. The van der Waals surface area contributed by atoms with Crippen molar-refractivity contribution in [2.24, 2.45) is 4.99 Å². The summed E-state index contributed by atoms with van der Waals surface area (Å²) >= 11 is 13.0. The second-order valence-corrected chi connectivity index (χ2v) is 11.3. The van der Waals surface area contributed by atoms with Crippen LogP contribution < -0.4 is 10.1 Å². The normalized spacial score (nSPS) is 18.0. The van der Waals surface area contributed by atoms with Crippen LogP contribution >= 0.6 is 23.2 Å². The number of nitrogens with one attached hydrogen (secondary N) is 1. The largest absolute Gasteiger partial charge is 0.489 e. The van der Waals surface area contributed by atoms with Gasteiger partial charge >= 0.3 is 0 Å². The minimum atomic E-state index is -0.268. The monoisotopic (exact) mass is 579 g/mol. The highest BCUT2D eigenvalue weighted by molar-refractivity contribution is 6.36. The van der Waals surface area contributed by atoms with Crippen LogP contribution in [-0.2, 0) is 6.42 Å². The molecular formula is C33H36Cl2FN3O. The third-order valence-corrected chi connectivity index (χ3v) is 8.37. The number of ether oxygens (including phenoxy) is 1. The Hall–Kier alpha value is -2.86. The SMILES string of the molecule is CN=C(NC)c1ccc2c(c1)CCCC(c1ccc(Cl)cc1Cl)=C2c1ccc(OC2CCN(CCCF)C2)cc1. The predicted molar refractivity (Wildman–Crippen MR) is 166 cm³/mol. The summed E-state index contributed by atoms with van der Waals surface area (Å²) in [5, 5.41) is 4.49. The lowest BCUT2D eigenvalue weighted by Crippen LogP contribution is -2.26. The third kappa shape index (κ3) is 6.38. The molecule has 2 aliphatic rings. The van der Waals surface area contributed by atoms with Gasteiger partial charge < -0.3 is 10.1 Å². The minimum Gasteiger partial charge on any atom is -0.489 e. The fourth-order valence-corrected chi connectivity index (χ4v) is 6.45. The van der Waals surface area contributed by atoms with Crippen molar-refractivity contribution in [3.63, 3.8) is 0 Å². The fraction of sp³-hybridized carbons (Fsp3) is 0.364. The van der Waals surface area contributed by atoms with Crippen LogP contribution in [0.5, 0.6) is 5.75 Å². The molecule has 0 saturated carbocycles. The van der Waals surface area contributed by atoms with E-state index in [1.54, 1.807) is 7.05 Å². The molecule has 0 amide bonds. The van der Waals surface area contributed by atoms with Gasteiger partial charge in [0.25, 0.3) is 0 Å². The summed E-state index contributed by atoms with van der Waals surface area (Å²) in [6, 6.07) is 20.8. The van der Waals surface area contributed by atoms with E-state index in [1.165, 1.54) is 22.3 Å². The fourth-order valence-electron chi connectivity index (χ4n) is 5.93. The van der Waals surface area contributed by atoms with Crippen molar-refractivity contribution in [2.45, 2.75) is 38.2 Å². The van der Waals surface area contributed by atoms with Gasteiger partial charge in [-0.2, -0.15) is 0 Å². The molecule has 5 rings (SSSR count). The van der Waals surface area contributed by atoms with Crippen LogP contribution in [0, 0.1) is 0 Å². The number of allylic oxidation sites excluding steroid dienone is 1. The Morgan fingerprint density at radius 1 is 1.05 bits per heavy atom. The Balaban J connectivity index is 1.52. The Morgan fingerprint density at radius 2 is 1.85 bits per heavy atom. The van der Waals surface area contributed by atoms with Crippen LogP contribution in [-0.4, -0.2) is 57.2 Å². The Bertz CT molecular complexity index is 1400. The van der Waals surface area contributed by atoms with Gasteiger partial charge in [0.15, 0.2) is 0 Å². The maximum absolute atomic E-state index is 12.6. The first-order chi connectivity index (χ1) is 19.5. The lowest BCUT2D eigenvalue weighted by Gasteiger charge is -2.19. The average molecular weight is 581 g/mol. The first kappa shape index (κ1) is 28.7. The zero-order valence-corrected chi connectivity index (χ0v) is 24.7. The maximum atomic E-state index is 12.6. The summed E-state index contributed by atoms with van der Waals surface area (Å²) < 4.78 is 18.9. The molecule has 3 aromatic rings. The van der Waals surface area contributed by atoms with E-state index in [9.17, 15) is 4.39 Å². The summed E-state index contributed by atoms with van der Waals surface area (Å²) in [4.78, 5) is 6.69. The summed E-state index contributed by atoms with van der Waals surface area (Å²) in [6.45, 7) is 2.32. The molecule has 40 heavy (non-hydrogen) atoms. The molecule has 1 aliphatic carbocycles. The minimum absolute atomic E-state index is 0.131. The van der Waals surface area contributed by atoms with Crippen LogP contribution in [0.4, 0.5) is 4.39 Å². The van der Waals surface area contributed by atoms with Gasteiger partial charge in [0.1, 0.15) is 17.7 Å². The lowest BCUT2D eigenvalue weighted by atomic mass is 9.87. The molecule has 1 unspecified atom stereocenters. The van der Waals surface area contributed by atoms with Crippen LogP contribution in [0.25, 0.3) is 11.1 Å². The van der Waals surface area contributed by atoms with Gasteiger partial charge in [0.05, 0.1) is 6.67 Å². The smallest absolute Gasteiger partial charge is 0.127 e. The molecular weight excluding hydrogens is 544 g/mol. The van der Waals surface area contributed by atoms with E-state index < -0.39 is 0 Å². The molecule has 0 bridgehead atoms. The highest BCUT2D eigenvalue weighted by atomic mass is 35.5. The van der Waals surface area contributed by atoms with Gasteiger partial charge in [0, 0.05) is 49.3 Å². The second kappa shape index (κ2) is 13.2. The van der Waals surface area contributed by atoms with Crippen molar-refractivity contribution in [3.8, 4) is 5.75 Å². The van der Waals surface area contributed by atoms with Gasteiger partial charge in [-0.25, -0.2) is 0 Å². The number of hydrogen-bond donors (Lipinski definition) is 1. The number of alkyl halides is 1. The quantitative estimate of drug-likeness (QED) is 0.219. The van der Waals surface area contributed by atoms with Crippen LogP contribution in [0.1, 0.15) is 53.5 Å². The third-order valence-electron chi connectivity index (χ3n) is 7.82. The Kier molecular flexibility index (Phi) is 9.46. The molecule has 1 saturated heterocycles. The molecule has 0 spiro atoms. The molecule has 1 aliphatic heterocycles. The number of halogens is 3. The van der Waals surface area contributed by atoms with Crippen LogP contribution in [0.2, 0.25) is 10.0 Å². The topological polar surface area (TPSA) is 36.9 Å². The highest BCUT2D eigenvalue weighted by Gasteiger charge is 2.25. The van der Waals surface area contributed by atoms with Crippen molar-refractivity contribution in [1.29, 1.82) is 0 Å². The summed E-state index contributed by atoms with van der Waals surface area (Å²) in [5.74, 6) is 1.73. The van der Waals surface area contributed by atoms with Gasteiger partial charge in [0.2, 0.25) is 0 Å². The summed E-state index contributed by atoms with van der Waals surface area (Å²) in [7, 11) is 3.71. The number of hydrogen-bond acceptors (Lipinski definition) is 3. The number of amidine groups is 1. The highest BCUT2D eigenvalue weighted by Crippen LogP contribution is 2.42. The number of rotatable bonds is 8. The predicted octanol–water partition coefficient (Wildman–Crippen LogP) is 7.70. The number of aliphatic imine (C=N–C) groups is 1. The van der Waals surface area contributed by atoms with E-state index in [4.69, 9.17) is 27.9 Å². The molecule has 3 aromatic carbocycles. The maximum Gasteiger partial charge on any atom is 0.127 e. The molecule has 1 N–H and O–H groups in total. The van der Waals surface area contributed by atoms with Crippen molar-refractivity contribution >= 4 is 40.2 Å². The van der Waals surface area contributed by atoms with Crippen molar-refractivity contribution in [3.05, 3.63) is 98.5 Å². The molecule has 0 aromatic heterocycles. The van der Waals surface area contributed by atoms with E-state index in [2.05, 4.69) is 57.7 Å². The number of nitrogens with zero attached hydrogens (tertiary/aromatic N) is 2. The Labute approximate surface area is 246 Å². The Morgan fingerprint density at radius 3 is 2.58 bits per heavy atom. The zero-order valence-electron chi connectivity index (χ0n) is 23.2.